The van der Waals surface area contributed by atoms with Gasteiger partial charge in [0.1, 0.15) is 0 Å². The molecule has 2 aromatic rings. The van der Waals surface area contributed by atoms with Gasteiger partial charge in [-0.15, -0.1) is 0 Å². The molecule has 0 heterocycles. The molecule has 0 spiro atoms. The fourth-order valence-electron chi connectivity index (χ4n) is 2.00. The maximum Gasteiger partial charge on any atom is 0.409 e. The lowest BCUT2D eigenvalue weighted by Gasteiger charge is -2.09. The third-order valence-electron chi connectivity index (χ3n) is 3.03. The number of carboxylic acid groups (broad SMARTS) is 1. The summed E-state index contributed by atoms with van der Waals surface area (Å²) in [7, 11) is 0. The van der Waals surface area contributed by atoms with Crippen molar-refractivity contribution in [1.29, 1.82) is 0 Å². The fourth-order valence-corrected chi connectivity index (χ4v) is 2.17. The molecule has 0 saturated heterocycles. The van der Waals surface area contributed by atoms with E-state index in [1.54, 1.807) is 12.1 Å². The van der Waals surface area contributed by atoms with Crippen LogP contribution in [0.4, 0.5) is 10.5 Å². The van der Waals surface area contributed by atoms with Gasteiger partial charge in [-0.1, -0.05) is 48.0 Å². The Morgan fingerprint density at radius 2 is 1.86 bits per heavy atom. The monoisotopic (exact) mass is 304 g/mol. The maximum absolute atomic E-state index is 10.7. The van der Waals surface area contributed by atoms with E-state index in [1.807, 2.05) is 24.3 Å². The molecule has 0 aliphatic rings. The number of nitrogens with one attached hydrogen (secondary N) is 2. The second-order valence-corrected chi connectivity index (χ2v) is 5.06. The SMILES string of the molecule is O=C(O)Nc1cc(CNCCc2ccccc2)ccc1Cl. The third kappa shape index (κ3) is 5.10. The molecular formula is C16H17ClN2O2. The zero-order valence-corrected chi connectivity index (χ0v) is 12.2. The first-order valence-electron chi connectivity index (χ1n) is 6.68. The molecule has 1 amide bonds. The number of rotatable bonds is 6. The van der Waals surface area contributed by atoms with Gasteiger partial charge < -0.3 is 10.4 Å². The summed E-state index contributed by atoms with van der Waals surface area (Å²) in [4.78, 5) is 10.7. The number of hydrogen-bond donors (Lipinski definition) is 3. The Morgan fingerprint density at radius 3 is 2.57 bits per heavy atom. The molecule has 0 atom stereocenters. The zero-order chi connectivity index (χ0) is 15.1. The molecule has 2 rings (SSSR count). The van der Waals surface area contributed by atoms with Crippen molar-refractivity contribution >= 4 is 23.4 Å². The van der Waals surface area contributed by atoms with Crippen LogP contribution in [-0.4, -0.2) is 17.7 Å². The summed E-state index contributed by atoms with van der Waals surface area (Å²) in [5.74, 6) is 0. The Balaban J connectivity index is 1.84. The van der Waals surface area contributed by atoms with Gasteiger partial charge >= 0.3 is 6.09 Å². The Hall–Kier alpha value is -2.04. The number of benzene rings is 2. The van der Waals surface area contributed by atoms with Crippen LogP contribution in [0.2, 0.25) is 5.02 Å². The molecule has 110 valence electrons. The third-order valence-corrected chi connectivity index (χ3v) is 3.36. The number of hydrogen-bond acceptors (Lipinski definition) is 2. The summed E-state index contributed by atoms with van der Waals surface area (Å²) in [6.07, 6.45) is -0.166. The van der Waals surface area contributed by atoms with Crippen molar-refractivity contribution in [2.24, 2.45) is 0 Å². The predicted molar refractivity (Wildman–Crippen MR) is 85.0 cm³/mol. The number of carbonyl (C=O) groups is 1. The second-order valence-electron chi connectivity index (χ2n) is 4.66. The predicted octanol–water partition coefficient (Wildman–Crippen LogP) is 3.76. The van der Waals surface area contributed by atoms with Gasteiger partial charge in [-0.3, -0.25) is 5.32 Å². The smallest absolute Gasteiger partial charge is 0.409 e. The van der Waals surface area contributed by atoms with E-state index in [2.05, 4.69) is 22.8 Å². The highest BCUT2D eigenvalue weighted by atomic mass is 35.5. The van der Waals surface area contributed by atoms with Gasteiger partial charge in [-0.2, -0.15) is 0 Å². The molecule has 0 aromatic heterocycles. The summed E-state index contributed by atoms with van der Waals surface area (Å²) >= 11 is 5.94. The van der Waals surface area contributed by atoms with E-state index in [0.717, 1.165) is 18.5 Å². The average Bonchev–Trinajstić information content (AvgIpc) is 2.47. The van der Waals surface area contributed by atoms with Crippen LogP contribution in [0.15, 0.2) is 48.5 Å². The van der Waals surface area contributed by atoms with Gasteiger partial charge in [0.05, 0.1) is 10.7 Å². The Labute approximate surface area is 128 Å². The van der Waals surface area contributed by atoms with Crippen molar-refractivity contribution in [3.05, 3.63) is 64.7 Å². The molecule has 0 saturated carbocycles. The highest BCUT2D eigenvalue weighted by Crippen LogP contribution is 2.22. The van der Waals surface area contributed by atoms with E-state index < -0.39 is 6.09 Å². The van der Waals surface area contributed by atoms with Crippen LogP contribution in [0.25, 0.3) is 0 Å². The van der Waals surface area contributed by atoms with E-state index in [0.29, 0.717) is 17.3 Å². The summed E-state index contributed by atoms with van der Waals surface area (Å²) in [5.41, 5.74) is 2.68. The summed E-state index contributed by atoms with van der Waals surface area (Å²) in [5, 5.41) is 14.7. The molecule has 0 bridgehead atoms. The molecule has 0 unspecified atom stereocenters. The molecule has 4 nitrogen and oxygen atoms in total. The summed E-state index contributed by atoms with van der Waals surface area (Å²) in [6.45, 7) is 1.52. The first-order chi connectivity index (χ1) is 10.1. The molecule has 0 fully saturated rings. The van der Waals surface area contributed by atoms with Gasteiger partial charge in [-0.25, -0.2) is 4.79 Å². The van der Waals surface area contributed by atoms with Gasteiger partial charge in [0.25, 0.3) is 0 Å². The average molecular weight is 305 g/mol. The van der Waals surface area contributed by atoms with Crippen LogP contribution in [0.1, 0.15) is 11.1 Å². The second kappa shape index (κ2) is 7.67. The molecule has 5 heteroatoms. The largest absolute Gasteiger partial charge is 0.465 e. The van der Waals surface area contributed by atoms with Crippen LogP contribution in [0.3, 0.4) is 0 Å². The topological polar surface area (TPSA) is 61.4 Å². The zero-order valence-electron chi connectivity index (χ0n) is 11.5. The first-order valence-corrected chi connectivity index (χ1v) is 7.06. The van der Waals surface area contributed by atoms with Crippen LogP contribution in [0, 0.1) is 0 Å². The number of halogens is 1. The molecule has 21 heavy (non-hydrogen) atoms. The van der Waals surface area contributed by atoms with E-state index in [4.69, 9.17) is 16.7 Å². The van der Waals surface area contributed by atoms with Crippen molar-refractivity contribution in [3.8, 4) is 0 Å². The van der Waals surface area contributed by atoms with Gasteiger partial charge in [0, 0.05) is 6.54 Å². The van der Waals surface area contributed by atoms with Crippen LogP contribution < -0.4 is 10.6 Å². The fraction of sp³-hybridized carbons (Fsp3) is 0.188. The molecular weight excluding hydrogens is 288 g/mol. The minimum absolute atomic E-state index is 0.394. The normalized spacial score (nSPS) is 10.3. The van der Waals surface area contributed by atoms with E-state index >= 15 is 0 Å². The van der Waals surface area contributed by atoms with E-state index in [9.17, 15) is 4.79 Å². The molecule has 0 aliphatic heterocycles. The van der Waals surface area contributed by atoms with Crippen molar-refractivity contribution in [3.63, 3.8) is 0 Å². The standard InChI is InChI=1S/C16H17ClN2O2/c17-14-7-6-13(10-15(14)19-16(20)21)11-18-9-8-12-4-2-1-3-5-12/h1-7,10,18-19H,8-9,11H2,(H,20,21). The van der Waals surface area contributed by atoms with Crippen LogP contribution >= 0.6 is 11.6 Å². The molecule has 2 aromatic carbocycles. The van der Waals surface area contributed by atoms with Crippen molar-refractivity contribution in [2.75, 3.05) is 11.9 Å². The van der Waals surface area contributed by atoms with Crippen molar-refractivity contribution in [1.82, 2.24) is 5.32 Å². The highest BCUT2D eigenvalue weighted by Gasteiger charge is 2.05. The first kappa shape index (κ1) is 15.4. The van der Waals surface area contributed by atoms with Crippen molar-refractivity contribution in [2.45, 2.75) is 13.0 Å². The Morgan fingerprint density at radius 1 is 1.10 bits per heavy atom. The maximum atomic E-state index is 10.7. The van der Waals surface area contributed by atoms with E-state index in [1.165, 1.54) is 5.56 Å². The Bertz CT molecular complexity index is 602. The lowest BCUT2D eigenvalue weighted by atomic mass is 10.1. The minimum Gasteiger partial charge on any atom is -0.465 e. The van der Waals surface area contributed by atoms with Crippen LogP contribution in [0.5, 0.6) is 0 Å². The number of anilines is 1. The van der Waals surface area contributed by atoms with Gasteiger partial charge in [0.2, 0.25) is 0 Å². The van der Waals surface area contributed by atoms with Crippen LogP contribution in [-0.2, 0) is 13.0 Å². The highest BCUT2D eigenvalue weighted by molar-refractivity contribution is 6.33. The Kier molecular flexibility index (Phi) is 5.60. The molecule has 3 N–H and O–H groups in total. The van der Waals surface area contributed by atoms with Gasteiger partial charge in [-0.05, 0) is 36.2 Å². The van der Waals surface area contributed by atoms with Gasteiger partial charge in [0.15, 0.2) is 0 Å². The quantitative estimate of drug-likeness (QED) is 0.712. The van der Waals surface area contributed by atoms with Crippen molar-refractivity contribution < 1.29 is 9.90 Å². The summed E-state index contributed by atoms with van der Waals surface area (Å²) in [6, 6.07) is 15.6. The van der Waals surface area contributed by atoms with E-state index in [-0.39, 0.29) is 0 Å². The minimum atomic E-state index is -1.12. The summed E-state index contributed by atoms with van der Waals surface area (Å²) < 4.78 is 0. The lowest BCUT2D eigenvalue weighted by molar-refractivity contribution is 0.210. The molecule has 0 radical (unpaired) electrons. The molecule has 0 aliphatic carbocycles. The number of amides is 1. The lowest BCUT2D eigenvalue weighted by Crippen LogP contribution is -2.17.